The Balaban J connectivity index is 2.00. The lowest BCUT2D eigenvalue weighted by Gasteiger charge is -2.23. The minimum Gasteiger partial charge on any atom is -0.376 e. The molecule has 0 saturated carbocycles. The summed E-state index contributed by atoms with van der Waals surface area (Å²) in [6.45, 7) is 9.02. The van der Waals surface area contributed by atoms with Crippen molar-refractivity contribution in [3.8, 4) is 0 Å². The Morgan fingerprint density at radius 2 is 2.00 bits per heavy atom. The predicted octanol–water partition coefficient (Wildman–Crippen LogP) is 3.40. The molecular formula is C16H28N4O. The van der Waals surface area contributed by atoms with Gasteiger partial charge in [0, 0.05) is 31.7 Å². The fourth-order valence-corrected chi connectivity index (χ4v) is 2.35. The van der Waals surface area contributed by atoms with E-state index < -0.39 is 0 Å². The Labute approximate surface area is 127 Å². The van der Waals surface area contributed by atoms with Gasteiger partial charge in [-0.25, -0.2) is 9.97 Å². The third-order valence-electron chi connectivity index (χ3n) is 3.60. The molecule has 1 aliphatic rings. The summed E-state index contributed by atoms with van der Waals surface area (Å²) in [5.74, 6) is 2.99. The predicted molar refractivity (Wildman–Crippen MR) is 87.0 cm³/mol. The highest BCUT2D eigenvalue weighted by Gasteiger charge is 2.14. The van der Waals surface area contributed by atoms with Crippen LogP contribution in [0.3, 0.4) is 0 Å². The Bertz CT molecular complexity index is 430. The lowest BCUT2D eigenvalue weighted by molar-refractivity contribution is 0.0247. The van der Waals surface area contributed by atoms with Crippen LogP contribution in [0.25, 0.3) is 0 Å². The number of rotatable bonds is 7. The van der Waals surface area contributed by atoms with Crippen molar-refractivity contribution in [2.24, 2.45) is 0 Å². The lowest BCUT2D eigenvalue weighted by Crippen LogP contribution is -2.27. The van der Waals surface area contributed by atoms with E-state index in [1.54, 1.807) is 0 Å². The number of hydrogen-bond acceptors (Lipinski definition) is 5. The molecule has 5 heteroatoms. The van der Waals surface area contributed by atoms with Gasteiger partial charge in [-0.05, 0) is 25.7 Å². The molecule has 0 bridgehead atoms. The Morgan fingerprint density at radius 3 is 2.62 bits per heavy atom. The van der Waals surface area contributed by atoms with Gasteiger partial charge >= 0.3 is 0 Å². The summed E-state index contributed by atoms with van der Waals surface area (Å²) >= 11 is 0. The van der Waals surface area contributed by atoms with Gasteiger partial charge in [-0.3, -0.25) is 0 Å². The first-order valence-corrected chi connectivity index (χ1v) is 8.17. The smallest absolute Gasteiger partial charge is 0.135 e. The summed E-state index contributed by atoms with van der Waals surface area (Å²) in [5, 5.41) is 6.76. The van der Waals surface area contributed by atoms with Gasteiger partial charge < -0.3 is 15.4 Å². The summed E-state index contributed by atoms with van der Waals surface area (Å²) < 4.78 is 5.75. The maximum atomic E-state index is 5.75. The van der Waals surface area contributed by atoms with Crippen LogP contribution in [0.4, 0.5) is 11.6 Å². The van der Waals surface area contributed by atoms with Gasteiger partial charge in [0.15, 0.2) is 0 Å². The molecule has 2 N–H and O–H groups in total. The molecule has 0 aliphatic carbocycles. The summed E-state index contributed by atoms with van der Waals surface area (Å²) in [5.41, 5.74) is 0. The van der Waals surface area contributed by atoms with Crippen LogP contribution in [0.1, 0.15) is 58.2 Å². The Morgan fingerprint density at radius 1 is 1.24 bits per heavy atom. The fourth-order valence-electron chi connectivity index (χ4n) is 2.35. The number of ether oxygens (including phenoxy) is 1. The second-order valence-electron chi connectivity index (χ2n) is 5.95. The second kappa shape index (κ2) is 8.17. The van der Waals surface area contributed by atoms with Crippen molar-refractivity contribution >= 4 is 11.6 Å². The molecule has 2 rings (SSSR count). The molecule has 1 atom stereocenters. The van der Waals surface area contributed by atoms with Crippen LogP contribution >= 0.6 is 0 Å². The van der Waals surface area contributed by atoms with E-state index in [-0.39, 0.29) is 0 Å². The topological polar surface area (TPSA) is 59.1 Å². The molecule has 2 heterocycles. The van der Waals surface area contributed by atoms with E-state index in [0.29, 0.717) is 12.0 Å². The number of nitrogens with zero attached hydrogens (tertiary/aromatic N) is 2. The van der Waals surface area contributed by atoms with Crippen LogP contribution in [-0.4, -0.2) is 35.8 Å². The Kier molecular flexibility index (Phi) is 6.23. The van der Waals surface area contributed by atoms with E-state index >= 15 is 0 Å². The van der Waals surface area contributed by atoms with Gasteiger partial charge in [0.05, 0.1) is 6.10 Å². The molecule has 1 aromatic heterocycles. The maximum absolute atomic E-state index is 5.75. The molecule has 1 fully saturated rings. The van der Waals surface area contributed by atoms with Gasteiger partial charge in [-0.2, -0.15) is 0 Å². The number of anilines is 2. The zero-order valence-corrected chi connectivity index (χ0v) is 13.5. The first-order chi connectivity index (χ1) is 10.2. The molecule has 1 aliphatic heterocycles. The highest BCUT2D eigenvalue weighted by molar-refractivity contribution is 5.48. The molecule has 0 spiro atoms. The number of nitrogens with one attached hydrogen (secondary N) is 2. The van der Waals surface area contributed by atoms with Crippen molar-refractivity contribution in [1.29, 1.82) is 0 Å². The third kappa shape index (κ3) is 5.16. The maximum Gasteiger partial charge on any atom is 0.135 e. The Hall–Kier alpha value is -1.36. The molecule has 1 unspecified atom stereocenters. The van der Waals surface area contributed by atoms with E-state index in [0.717, 1.165) is 50.0 Å². The quantitative estimate of drug-likeness (QED) is 0.806. The molecule has 0 radical (unpaired) electrons. The summed E-state index contributed by atoms with van der Waals surface area (Å²) in [7, 11) is 0. The van der Waals surface area contributed by atoms with Gasteiger partial charge in [-0.1, -0.05) is 20.8 Å². The molecule has 21 heavy (non-hydrogen) atoms. The standard InChI is InChI=1S/C16H28N4O/c1-4-8-17-14-10-15(20-16(19-14)12(2)3)18-11-13-7-5-6-9-21-13/h10,12-13H,4-9,11H2,1-3H3,(H2,17,18,19,20). The van der Waals surface area contributed by atoms with Gasteiger partial charge in [0.1, 0.15) is 17.5 Å². The van der Waals surface area contributed by atoms with E-state index in [2.05, 4.69) is 41.4 Å². The lowest BCUT2D eigenvalue weighted by atomic mass is 10.1. The average Bonchev–Trinajstić information content (AvgIpc) is 2.51. The van der Waals surface area contributed by atoms with E-state index in [9.17, 15) is 0 Å². The van der Waals surface area contributed by atoms with Crippen LogP contribution < -0.4 is 10.6 Å². The van der Waals surface area contributed by atoms with Gasteiger partial charge in [-0.15, -0.1) is 0 Å². The van der Waals surface area contributed by atoms with Crippen molar-refractivity contribution in [1.82, 2.24) is 9.97 Å². The zero-order chi connectivity index (χ0) is 15.1. The van der Waals surface area contributed by atoms with Crippen molar-refractivity contribution in [2.45, 2.75) is 58.5 Å². The van der Waals surface area contributed by atoms with Crippen LogP contribution in [0.2, 0.25) is 0 Å². The van der Waals surface area contributed by atoms with Crippen molar-refractivity contribution in [2.75, 3.05) is 30.3 Å². The minimum absolute atomic E-state index is 0.309. The molecule has 1 aromatic rings. The van der Waals surface area contributed by atoms with E-state index in [4.69, 9.17) is 4.74 Å². The zero-order valence-electron chi connectivity index (χ0n) is 13.5. The SMILES string of the molecule is CCCNc1cc(NCC2CCCCO2)nc(C(C)C)n1. The van der Waals surface area contributed by atoms with E-state index in [1.165, 1.54) is 12.8 Å². The highest BCUT2D eigenvalue weighted by Crippen LogP contribution is 2.18. The van der Waals surface area contributed by atoms with Gasteiger partial charge in [0.25, 0.3) is 0 Å². The van der Waals surface area contributed by atoms with Crippen LogP contribution in [-0.2, 0) is 4.74 Å². The largest absolute Gasteiger partial charge is 0.376 e. The molecule has 5 nitrogen and oxygen atoms in total. The van der Waals surface area contributed by atoms with Crippen molar-refractivity contribution in [3.05, 3.63) is 11.9 Å². The summed E-state index contributed by atoms with van der Waals surface area (Å²) in [6.07, 6.45) is 4.97. The molecule has 0 amide bonds. The number of hydrogen-bond donors (Lipinski definition) is 2. The molecule has 0 aromatic carbocycles. The summed E-state index contributed by atoms with van der Waals surface area (Å²) in [4.78, 5) is 9.18. The normalized spacial score (nSPS) is 18.8. The molecule has 1 saturated heterocycles. The number of aromatic nitrogens is 2. The second-order valence-corrected chi connectivity index (χ2v) is 5.95. The van der Waals surface area contributed by atoms with Gasteiger partial charge in [0.2, 0.25) is 0 Å². The summed E-state index contributed by atoms with van der Waals surface area (Å²) in [6, 6.07) is 1.99. The van der Waals surface area contributed by atoms with E-state index in [1.807, 2.05) is 6.07 Å². The third-order valence-corrected chi connectivity index (χ3v) is 3.60. The first-order valence-electron chi connectivity index (χ1n) is 8.17. The van der Waals surface area contributed by atoms with Crippen LogP contribution in [0, 0.1) is 0 Å². The van der Waals surface area contributed by atoms with Crippen molar-refractivity contribution < 1.29 is 4.74 Å². The van der Waals surface area contributed by atoms with Crippen molar-refractivity contribution in [3.63, 3.8) is 0 Å². The fraction of sp³-hybridized carbons (Fsp3) is 0.750. The molecular weight excluding hydrogens is 264 g/mol. The van der Waals surface area contributed by atoms with Crippen LogP contribution in [0.15, 0.2) is 6.07 Å². The average molecular weight is 292 g/mol. The first kappa shape index (κ1) is 16.0. The molecule has 118 valence electrons. The highest BCUT2D eigenvalue weighted by atomic mass is 16.5. The minimum atomic E-state index is 0.309. The van der Waals surface area contributed by atoms with Crippen LogP contribution in [0.5, 0.6) is 0 Å². The monoisotopic (exact) mass is 292 g/mol.